The molecular formula is C26H39FN2O2Si. The molecule has 0 aliphatic rings. The van der Waals surface area contributed by atoms with Gasteiger partial charge in [-0.2, -0.15) is 0 Å². The highest BCUT2D eigenvalue weighted by molar-refractivity contribution is 6.74. The van der Waals surface area contributed by atoms with E-state index in [0.29, 0.717) is 6.61 Å². The van der Waals surface area contributed by atoms with Crippen molar-refractivity contribution in [2.75, 3.05) is 7.11 Å². The maximum Gasteiger partial charge on any atom is 0.192 e. The third kappa shape index (κ3) is 5.84. The van der Waals surface area contributed by atoms with Gasteiger partial charge in [-0.15, -0.1) is 0 Å². The molecule has 2 aromatic rings. The molecule has 0 radical (unpaired) electrons. The second-order valence-corrected chi connectivity index (χ2v) is 15.2. The SMILES string of the molecule is CO/N=C/c1c(C(C)C)nc(C(C)C)c(CO[Si](C)(C)C(C)(C)C)c1-c1ccc(F)cc1. The number of aromatic nitrogens is 1. The van der Waals surface area contributed by atoms with E-state index >= 15 is 0 Å². The first-order valence-corrected chi connectivity index (χ1v) is 14.2. The fourth-order valence-corrected chi connectivity index (χ4v) is 4.33. The van der Waals surface area contributed by atoms with Crippen molar-refractivity contribution >= 4 is 14.5 Å². The topological polar surface area (TPSA) is 43.7 Å². The molecule has 2 rings (SSSR count). The van der Waals surface area contributed by atoms with Crippen LogP contribution in [0.2, 0.25) is 18.1 Å². The first-order valence-electron chi connectivity index (χ1n) is 11.3. The lowest BCUT2D eigenvalue weighted by atomic mass is 9.88. The molecule has 0 unspecified atom stereocenters. The molecule has 32 heavy (non-hydrogen) atoms. The molecule has 0 N–H and O–H groups in total. The van der Waals surface area contributed by atoms with E-state index in [1.165, 1.54) is 19.2 Å². The van der Waals surface area contributed by atoms with Crippen LogP contribution in [0.1, 0.15) is 82.8 Å². The molecule has 1 aromatic heterocycles. The van der Waals surface area contributed by atoms with Crippen molar-refractivity contribution in [1.82, 2.24) is 4.98 Å². The smallest absolute Gasteiger partial charge is 0.192 e. The highest BCUT2D eigenvalue weighted by Gasteiger charge is 2.37. The monoisotopic (exact) mass is 458 g/mol. The summed E-state index contributed by atoms with van der Waals surface area (Å²) in [6.07, 6.45) is 1.72. The fourth-order valence-electron chi connectivity index (χ4n) is 3.39. The second-order valence-electron chi connectivity index (χ2n) is 10.4. The Morgan fingerprint density at radius 3 is 2.06 bits per heavy atom. The van der Waals surface area contributed by atoms with Crippen molar-refractivity contribution in [3.05, 3.63) is 52.6 Å². The van der Waals surface area contributed by atoms with Gasteiger partial charge in [-0.25, -0.2) is 4.39 Å². The number of benzene rings is 1. The zero-order chi connectivity index (χ0) is 24.3. The minimum atomic E-state index is -2.00. The third-order valence-corrected chi connectivity index (χ3v) is 10.8. The van der Waals surface area contributed by atoms with Crippen molar-refractivity contribution < 1.29 is 13.7 Å². The Morgan fingerprint density at radius 1 is 1.03 bits per heavy atom. The Hall–Kier alpha value is -2.05. The summed E-state index contributed by atoms with van der Waals surface area (Å²) in [7, 11) is -0.474. The number of pyridine rings is 1. The second kappa shape index (κ2) is 10.3. The summed E-state index contributed by atoms with van der Waals surface area (Å²) in [6.45, 7) is 20.2. The highest BCUT2D eigenvalue weighted by atomic mass is 28.4. The molecule has 0 aliphatic heterocycles. The quantitative estimate of drug-likeness (QED) is 0.232. The van der Waals surface area contributed by atoms with Crippen molar-refractivity contribution in [1.29, 1.82) is 0 Å². The van der Waals surface area contributed by atoms with Crippen LogP contribution in [0.3, 0.4) is 0 Å². The van der Waals surface area contributed by atoms with Gasteiger partial charge in [0.15, 0.2) is 8.32 Å². The van der Waals surface area contributed by atoms with Gasteiger partial charge in [0, 0.05) is 16.8 Å². The lowest BCUT2D eigenvalue weighted by Crippen LogP contribution is -2.40. The van der Waals surface area contributed by atoms with Crippen molar-refractivity contribution in [2.45, 2.75) is 85.0 Å². The molecule has 4 nitrogen and oxygen atoms in total. The van der Waals surface area contributed by atoms with Gasteiger partial charge < -0.3 is 9.26 Å². The van der Waals surface area contributed by atoms with Crippen LogP contribution in [-0.2, 0) is 15.9 Å². The summed E-state index contributed by atoms with van der Waals surface area (Å²) in [5.74, 6) is 0.126. The maximum atomic E-state index is 13.8. The van der Waals surface area contributed by atoms with Gasteiger partial charge in [-0.05, 0) is 53.2 Å². The zero-order valence-corrected chi connectivity index (χ0v) is 22.3. The normalized spacial score (nSPS) is 12.9. The molecule has 0 atom stereocenters. The molecule has 1 aromatic carbocycles. The summed E-state index contributed by atoms with van der Waals surface area (Å²) in [5, 5.41) is 4.17. The van der Waals surface area contributed by atoms with Gasteiger partial charge >= 0.3 is 0 Å². The lowest BCUT2D eigenvalue weighted by molar-refractivity contribution is 0.215. The van der Waals surface area contributed by atoms with Crippen LogP contribution in [-0.4, -0.2) is 26.6 Å². The van der Waals surface area contributed by atoms with Gasteiger partial charge in [0.1, 0.15) is 12.9 Å². The van der Waals surface area contributed by atoms with Gasteiger partial charge in [0.25, 0.3) is 0 Å². The van der Waals surface area contributed by atoms with E-state index in [1.807, 2.05) is 12.1 Å². The van der Waals surface area contributed by atoms with Crippen LogP contribution in [0.15, 0.2) is 29.4 Å². The molecule has 6 heteroatoms. The predicted molar refractivity (Wildman–Crippen MR) is 134 cm³/mol. The van der Waals surface area contributed by atoms with Gasteiger partial charge in [-0.1, -0.05) is 65.8 Å². The number of halogens is 1. The van der Waals surface area contributed by atoms with Crippen molar-refractivity contribution in [2.24, 2.45) is 5.16 Å². The lowest BCUT2D eigenvalue weighted by Gasteiger charge is -2.37. The number of oxime groups is 1. The third-order valence-electron chi connectivity index (χ3n) is 6.29. The molecule has 0 amide bonds. The minimum Gasteiger partial charge on any atom is -0.412 e. The highest BCUT2D eigenvalue weighted by Crippen LogP contribution is 2.40. The van der Waals surface area contributed by atoms with Crippen LogP contribution in [0, 0.1) is 5.82 Å². The van der Waals surface area contributed by atoms with E-state index < -0.39 is 8.32 Å². The molecule has 1 heterocycles. The molecule has 0 saturated carbocycles. The zero-order valence-electron chi connectivity index (χ0n) is 21.3. The average molecular weight is 459 g/mol. The molecule has 0 bridgehead atoms. The Kier molecular flexibility index (Phi) is 8.40. The van der Waals surface area contributed by atoms with Gasteiger partial charge in [0.05, 0.1) is 18.5 Å². The molecule has 0 spiro atoms. The first-order chi connectivity index (χ1) is 14.8. The standard InChI is InChI=1S/C26H39FN2O2Si/c1-17(2)24-21(15-28-30-8)23(19-11-13-20(27)14-12-19)22(25(29-24)18(3)4)16-31-32(9,10)26(5,6)7/h11-15,17-18H,16H2,1-10H3/b28-15+. The van der Waals surface area contributed by atoms with Gasteiger partial charge in [0.2, 0.25) is 0 Å². The number of rotatable bonds is 8. The molecule has 0 aliphatic carbocycles. The maximum absolute atomic E-state index is 13.8. The van der Waals surface area contributed by atoms with Crippen LogP contribution in [0.25, 0.3) is 11.1 Å². The predicted octanol–water partition coefficient (Wildman–Crippen LogP) is 7.64. The molecule has 176 valence electrons. The van der Waals surface area contributed by atoms with E-state index in [4.69, 9.17) is 14.2 Å². The van der Waals surface area contributed by atoms with Crippen LogP contribution >= 0.6 is 0 Å². The number of nitrogens with zero attached hydrogens (tertiary/aromatic N) is 2. The van der Waals surface area contributed by atoms with E-state index in [2.05, 4.69) is 66.7 Å². The Morgan fingerprint density at radius 2 is 1.59 bits per heavy atom. The van der Waals surface area contributed by atoms with Crippen LogP contribution in [0.5, 0.6) is 0 Å². The van der Waals surface area contributed by atoms with E-state index in [-0.39, 0.29) is 22.7 Å². The molecular weight excluding hydrogens is 419 g/mol. The Labute approximate surface area is 194 Å². The number of hydrogen-bond donors (Lipinski definition) is 0. The van der Waals surface area contributed by atoms with Gasteiger partial charge in [-0.3, -0.25) is 4.98 Å². The fraction of sp³-hybridized carbons (Fsp3) is 0.538. The van der Waals surface area contributed by atoms with Crippen LogP contribution < -0.4 is 0 Å². The largest absolute Gasteiger partial charge is 0.412 e. The summed E-state index contributed by atoms with van der Waals surface area (Å²) >= 11 is 0. The molecule has 0 fully saturated rings. The Balaban J connectivity index is 2.86. The first kappa shape index (κ1) is 26.2. The van der Waals surface area contributed by atoms with E-state index in [0.717, 1.165) is 33.6 Å². The van der Waals surface area contributed by atoms with Crippen molar-refractivity contribution in [3.63, 3.8) is 0 Å². The molecule has 0 saturated heterocycles. The summed E-state index contributed by atoms with van der Waals surface area (Å²) in [6, 6.07) is 6.63. The van der Waals surface area contributed by atoms with Crippen LogP contribution in [0.4, 0.5) is 4.39 Å². The summed E-state index contributed by atoms with van der Waals surface area (Å²) in [5.41, 5.74) is 5.81. The number of hydrogen-bond acceptors (Lipinski definition) is 4. The van der Waals surface area contributed by atoms with E-state index in [9.17, 15) is 4.39 Å². The average Bonchev–Trinajstić information content (AvgIpc) is 2.69. The van der Waals surface area contributed by atoms with Crippen molar-refractivity contribution in [3.8, 4) is 11.1 Å². The van der Waals surface area contributed by atoms with E-state index in [1.54, 1.807) is 6.21 Å². The Bertz CT molecular complexity index is 946. The summed E-state index contributed by atoms with van der Waals surface area (Å²) in [4.78, 5) is 10.1. The minimum absolute atomic E-state index is 0.0900. The summed E-state index contributed by atoms with van der Waals surface area (Å²) < 4.78 is 20.4.